The van der Waals surface area contributed by atoms with Crippen LogP contribution in [0.15, 0.2) is 36.4 Å². The molecule has 0 saturated carbocycles. The van der Waals surface area contributed by atoms with Gasteiger partial charge in [0.05, 0.1) is 11.2 Å². The average molecular weight is 483 g/mol. The average Bonchev–Trinajstić information content (AvgIpc) is 2.89. The zero-order valence-electron chi connectivity index (χ0n) is 18.2. The summed E-state index contributed by atoms with van der Waals surface area (Å²) in [4.78, 5) is 13.3. The number of hydrogen-bond acceptors (Lipinski definition) is 5. The summed E-state index contributed by atoms with van der Waals surface area (Å²) >= 11 is 6.42. The predicted octanol–water partition coefficient (Wildman–Crippen LogP) is 2.34. The first-order chi connectivity index (χ1) is 14.7. The smallest absolute Gasteiger partial charge is 0.399 e. The van der Waals surface area contributed by atoms with E-state index in [1.807, 2.05) is 27.7 Å². The maximum absolute atomic E-state index is 13.3. The van der Waals surface area contributed by atoms with E-state index in [0.29, 0.717) is 11.0 Å². The summed E-state index contributed by atoms with van der Waals surface area (Å²) in [6.45, 7) is 7.58. The third kappa shape index (κ3) is 5.39. The molecule has 1 aliphatic rings. The molecule has 172 valence electrons. The lowest BCUT2D eigenvalue weighted by Crippen LogP contribution is -2.41. The Hall–Kier alpha value is -1.82. The van der Waals surface area contributed by atoms with Crippen molar-refractivity contribution < 1.29 is 26.9 Å². The lowest BCUT2D eigenvalue weighted by atomic mass is 9.73. The van der Waals surface area contributed by atoms with Gasteiger partial charge in [0.1, 0.15) is 5.82 Å². The molecule has 1 aliphatic heterocycles. The molecule has 1 heterocycles. The van der Waals surface area contributed by atoms with Gasteiger partial charge in [-0.1, -0.05) is 17.7 Å². The largest absolute Gasteiger partial charge is 0.495 e. The number of halogens is 2. The monoisotopic (exact) mass is 482 g/mol. The van der Waals surface area contributed by atoms with Gasteiger partial charge in [0.15, 0.2) is 5.78 Å². The van der Waals surface area contributed by atoms with Gasteiger partial charge in [-0.05, 0) is 75.5 Å². The van der Waals surface area contributed by atoms with Gasteiger partial charge in [-0.2, -0.15) is 8.42 Å². The maximum atomic E-state index is 13.3. The van der Waals surface area contributed by atoms with Crippen LogP contribution in [0.25, 0.3) is 0 Å². The van der Waals surface area contributed by atoms with Crippen molar-refractivity contribution in [1.82, 2.24) is 4.72 Å². The number of rotatable bonds is 7. The van der Waals surface area contributed by atoms with Crippen LogP contribution in [0, 0.1) is 5.82 Å². The molecule has 0 radical (unpaired) electrons. The van der Waals surface area contributed by atoms with E-state index in [9.17, 15) is 17.6 Å². The number of hydrogen-bond donors (Lipinski definition) is 2. The van der Waals surface area contributed by atoms with E-state index in [0.717, 1.165) is 0 Å². The van der Waals surface area contributed by atoms with Crippen LogP contribution < -0.4 is 15.3 Å². The second-order valence-electron chi connectivity index (χ2n) is 8.64. The number of carbonyl (C=O) groups excluding carboxylic acids is 1. The van der Waals surface area contributed by atoms with E-state index in [1.165, 1.54) is 30.3 Å². The highest BCUT2D eigenvalue weighted by molar-refractivity contribution is 7.87. The summed E-state index contributed by atoms with van der Waals surface area (Å²) < 4.78 is 50.2. The van der Waals surface area contributed by atoms with Gasteiger partial charge < -0.3 is 9.31 Å². The fourth-order valence-corrected chi connectivity index (χ4v) is 3.92. The summed E-state index contributed by atoms with van der Waals surface area (Å²) in [7, 11) is -4.71. The molecule has 0 amide bonds. The van der Waals surface area contributed by atoms with E-state index in [-0.39, 0.29) is 34.9 Å². The molecule has 1 fully saturated rings. The molecular formula is C21H25BClFN2O5S. The minimum atomic E-state index is -3.85. The van der Waals surface area contributed by atoms with Crippen LogP contribution in [-0.2, 0) is 25.9 Å². The van der Waals surface area contributed by atoms with E-state index in [4.69, 9.17) is 26.0 Å². The molecule has 2 aromatic rings. The topological polar surface area (TPSA) is 108 Å². The fourth-order valence-electron chi connectivity index (χ4n) is 3.28. The molecular weight excluding hydrogens is 458 g/mol. The zero-order chi connectivity index (χ0) is 23.9. The summed E-state index contributed by atoms with van der Waals surface area (Å²) in [5.41, 5.74) is 0.273. The molecule has 3 rings (SSSR count). The molecule has 0 unspecified atom stereocenters. The Morgan fingerprint density at radius 3 is 2.22 bits per heavy atom. The SMILES string of the molecule is CC1(C)OB(c2cc(CCNS(N)(=O)=O)c(Cl)cc2C(=O)c2ccc(F)cc2)OC1(C)C. The highest BCUT2D eigenvalue weighted by atomic mass is 35.5. The van der Waals surface area contributed by atoms with E-state index < -0.39 is 34.3 Å². The highest BCUT2D eigenvalue weighted by Gasteiger charge is 2.52. The Balaban J connectivity index is 2.04. The first kappa shape index (κ1) is 24.8. The van der Waals surface area contributed by atoms with Gasteiger partial charge in [-0.25, -0.2) is 14.3 Å². The number of ketones is 1. The van der Waals surface area contributed by atoms with Crippen LogP contribution in [0.3, 0.4) is 0 Å². The Morgan fingerprint density at radius 2 is 1.69 bits per heavy atom. The first-order valence-corrected chi connectivity index (χ1v) is 11.9. The van der Waals surface area contributed by atoms with Crippen LogP contribution in [0.4, 0.5) is 4.39 Å². The van der Waals surface area contributed by atoms with Crippen molar-refractivity contribution in [1.29, 1.82) is 0 Å². The summed E-state index contributed by atoms with van der Waals surface area (Å²) in [6.07, 6.45) is 0.229. The second-order valence-corrected chi connectivity index (χ2v) is 10.4. The standard InChI is InChI=1S/C21H25BClFN2O5S/c1-20(2)21(3,4)31-22(30-20)17-11-14(9-10-26-32(25,28)29)18(23)12-16(17)19(27)13-5-7-15(24)8-6-13/h5-8,11-12,26H,9-10H2,1-4H3,(H2,25,28,29). The van der Waals surface area contributed by atoms with Crippen LogP contribution in [0.1, 0.15) is 49.2 Å². The minimum absolute atomic E-state index is 0.0205. The summed E-state index contributed by atoms with van der Waals surface area (Å²) in [6, 6.07) is 8.37. The van der Waals surface area contributed by atoms with Gasteiger partial charge in [-0.15, -0.1) is 0 Å². The quantitative estimate of drug-likeness (QED) is 0.465. The molecule has 1 saturated heterocycles. The Morgan fingerprint density at radius 1 is 1.12 bits per heavy atom. The second kappa shape index (κ2) is 8.85. The van der Waals surface area contributed by atoms with Gasteiger partial charge in [0.2, 0.25) is 0 Å². The molecule has 11 heteroatoms. The third-order valence-corrected chi connectivity index (χ3v) is 6.73. The van der Waals surface area contributed by atoms with Crippen molar-refractivity contribution in [3.63, 3.8) is 0 Å². The molecule has 0 atom stereocenters. The number of benzene rings is 2. The molecule has 32 heavy (non-hydrogen) atoms. The van der Waals surface area contributed by atoms with E-state index >= 15 is 0 Å². The number of nitrogens with two attached hydrogens (primary N) is 1. The molecule has 0 bridgehead atoms. The van der Waals surface area contributed by atoms with Crippen molar-refractivity contribution in [2.24, 2.45) is 5.14 Å². The lowest BCUT2D eigenvalue weighted by molar-refractivity contribution is 0.00578. The van der Waals surface area contributed by atoms with Crippen molar-refractivity contribution >= 4 is 40.2 Å². The van der Waals surface area contributed by atoms with E-state index in [1.54, 1.807) is 6.07 Å². The van der Waals surface area contributed by atoms with Crippen LogP contribution in [-0.4, -0.2) is 39.1 Å². The molecule has 3 N–H and O–H groups in total. The Bertz CT molecular complexity index is 1120. The molecule has 2 aromatic carbocycles. The first-order valence-electron chi connectivity index (χ1n) is 9.96. The van der Waals surface area contributed by atoms with Gasteiger partial charge in [-0.3, -0.25) is 4.79 Å². The minimum Gasteiger partial charge on any atom is -0.399 e. The molecule has 0 spiro atoms. The summed E-state index contributed by atoms with van der Waals surface area (Å²) in [5.74, 6) is -0.825. The highest BCUT2D eigenvalue weighted by Crippen LogP contribution is 2.37. The number of carbonyl (C=O) groups is 1. The van der Waals surface area contributed by atoms with Crippen molar-refractivity contribution in [3.8, 4) is 0 Å². The lowest BCUT2D eigenvalue weighted by Gasteiger charge is -2.32. The van der Waals surface area contributed by atoms with Crippen molar-refractivity contribution in [2.75, 3.05) is 6.54 Å². The zero-order valence-corrected chi connectivity index (χ0v) is 19.8. The fraction of sp³-hybridized carbons (Fsp3) is 0.381. The van der Waals surface area contributed by atoms with Crippen molar-refractivity contribution in [2.45, 2.75) is 45.3 Å². The van der Waals surface area contributed by atoms with Crippen molar-refractivity contribution in [3.05, 3.63) is 63.9 Å². The van der Waals surface area contributed by atoms with Crippen LogP contribution >= 0.6 is 11.6 Å². The van der Waals surface area contributed by atoms with E-state index in [2.05, 4.69) is 4.72 Å². The Kier molecular flexibility index (Phi) is 6.86. The molecule has 7 nitrogen and oxygen atoms in total. The van der Waals surface area contributed by atoms with Crippen LogP contribution in [0.5, 0.6) is 0 Å². The predicted molar refractivity (Wildman–Crippen MR) is 122 cm³/mol. The Labute approximate surface area is 192 Å². The molecule has 0 aliphatic carbocycles. The number of nitrogens with one attached hydrogen (secondary N) is 1. The van der Waals surface area contributed by atoms with Gasteiger partial charge in [0.25, 0.3) is 10.2 Å². The molecule has 0 aromatic heterocycles. The maximum Gasteiger partial charge on any atom is 0.495 e. The normalized spacial score (nSPS) is 17.5. The van der Waals surface area contributed by atoms with Crippen LogP contribution in [0.2, 0.25) is 5.02 Å². The third-order valence-electron chi connectivity index (χ3n) is 5.77. The van der Waals surface area contributed by atoms with Gasteiger partial charge >= 0.3 is 7.12 Å². The summed E-state index contributed by atoms with van der Waals surface area (Å²) in [5, 5.41) is 5.25. The van der Waals surface area contributed by atoms with Gasteiger partial charge in [0, 0.05) is 22.7 Å².